The first kappa shape index (κ1) is 76.3. The van der Waals surface area contributed by atoms with E-state index in [-0.39, 0.29) is 0 Å². The first-order valence-corrected chi connectivity index (χ1v) is 41.3. The lowest BCUT2D eigenvalue weighted by atomic mass is 9.97. The van der Waals surface area contributed by atoms with Gasteiger partial charge in [0, 0.05) is 147 Å². The number of hydrogen-bond donors (Lipinski definition) is 0. The quantitative estimate of drug-likeness (QED) is 0.141. The molecule has 606 valence electrons. The van der Waals surface area contributed by atoms with Crippen molar-refractivity contribution in [3.05, 3.63) is 296 Å². The topological polar surface area (TPSA) is 150 Å². The van der Waals surface area contributed by atoms with Crippen molar-refractivity contribution < 1.29 is 50.4 Å². The Morgan fingerprint density at radius 1 is 0.264 bits per heavy atom. The van der Waals surface area contributed by atoms with Crippen LogP contribution in [0.2, 0.25) is 0 Å². The Labute approximate surface area is 712 Å². The van der Waals surface area contributed by atoms with Crippen LogP contribution in [0.25, 0.3) is 167 Å². The molecule has 15 heteroatoms. The van der Waals surface area contributed by atoms with Crippen molar-refractivity contribution in [3.8, 4) is 56.3 Å². The Morgan fingerprint density at radius 2 is 0.521 bits per heavy atom. The minimum absolute atomic E-state index is 0.362. The summed E-state index contributed by atoms with van der Waals surface area (Å²) >= 11 is 0. The van der Waals surface area contributed by atoms with Crippen LogP contribution >= 0.6 is 0 Å². The summed E-state index contributed by atoms with van der Waals surface area (Å²) in [6.07, 6.45) is 10.1. The molecule has 0 bridgehead atoms. The van der Waals surface area contributed by atoms with Crippen molar-refractivity contribution >= 4 is 110 Å². The molecule has 5 aromatic carbocycles. The summed E-state index contributed by atoms with van der Waals surface area (Å²) in [4.78, 5) is 22.7. The van der Waals surface area contributed by atoms with Gasteiger partial charge in [0.05, 0.1) is 27.8 Å². The van der Waals surface area contributed by atoms with E-state index in [4.69, 9.17) is 27.6 Å². The van der Waals surface area contributed by atoms with Crippen molar-refractivity contribution in [1.29, 1.82) is 0 Å². The average Bonchev–Trinajstić information content (AvgIpc) is 1.65. The lowest BCUT2D eigenvalue weighted by molar-refractivity contribution is -0.660. The maximum Gasteiger partial charge on any atom is 0.227 e. The van der Waals surface area contributed by atoms with E-state index in [0.29, 0.717) is 40.0 Å². The molecule has 0 atom stereocenters. The van der Waals surface area contributed by atoms with Crippen LogP contribution in [0.3, 0.4) is 0 Å². The zero-order valence-corrected chi connectivity index (χ0v) is 73.6. The molecule has 0 radical (unpaired) electrons. The first-order valence-electron chi connectivity index (χ1n) is 43.3. The molecule has 15 nitrogen and oxygen atoms in total. The summed E-state index contributed by atoms with van der Waals surface area (Å²) in [6.45, 7) is 34.8. The summed E-state index contributed by atoms with van der Waals surface area (Å²) in [6, 6.07) is 58.8. The van der Waals surface area contributed by atoms with E-state index in [1.165, 1.54) is 44.6 Å². The van der Waals surface area contributed by atoms with Crippen LogP contribution in [-0.2, 0) is 35.2 Å². The highest BCUT2D eigenvalue weighted by molar-refractivity contribution is 6.13. The van der Waals surface area contributed by atoms with Gasteiger partial charge in [0.1, 0.15) is 35.2 Å². The van der Waals surface area contributed by atoms with Crippen LogP contribution in [0, 0.1) is 104 Å². The highest BCUT2D eigenvalue weighted by Crippen LogP contribution is 2.43. The minimum Gasteiger partial charge on any atom is -0.437 e. The normalized spacial score (nSPS) is 12.3. The van der Waals surface area contributed by atoms with Crippen LogP contribution in [0.5, 0.6) is 0 Å². The minimum atomic E-state index is -2.14. The number of hydrogen-bond acceptors (Lipinski definition) is 10. The maximum absolute atomic E-state index is 8.39. The molecule has 0 unspecified atom stereocenters. The number of aryl methyl sites for hydroxylation is 20. The second-order valence-corrected chi connectivity index (χ2v) is 33.4. The summed E-state index contributed by atoms with van der Waals surface area (Å²) in [5, 5.41) is 10.7. The molecule has 20 aromatic rings. The monoisotopic (exact) mass is 1600 g/mol. The van der Waals surface area contributed by atoms with Gasteiger partial charge in [0.25, 0.3) is 0 Å². The Bertz CT molecular complexity index is 7740. The lowest BCUT2D eigenvalue weighted by Gasteiger charge is -2.09. The van der Waals surface area contributed by atoms with Crippen molar-refractivity contribution in [3.63, 3.8) is 0 Å². The predicted octanol–water partition coefficient (Wildman–Crippen LogP) is 24.2. The molecule has 0 N–H and O–H groups in total. The number of pyridine rings is 10. The summed E-state index contributed by atoms with van der Waals surface area (Å²) in [5.41, 5.74) is 36.5. The molecule has 0 aliphatic heterocycles. The Balaban J connectivity index is 0.000000115. The van der Waals surface area contributed by atoms with E-state index in [0.717, 1.165) is 183 Å². The Morgan fingerprint density at radius 3 is 0.818 bits per heavy atom. The van der Waals surface area contributed by atoms with Gasteiger partial charge in [-0.05, 0) is 232 Å². The standard InChI is InChI=1S/2C22H23N2O.2C21H21N2O.C20H19N2O/c2*1-13(2)16-10-11-24(5)19(12-16)20-14(3)6-8-17-18-9-7-15(4)23-22(18)25-21(17)20;2*1-12-6-8-16-17-9-7-15(4)22-21(17)24-20(16)19(12)18-10-13(2)14(3)11-23(18)5;1-12-9-10-22(4)17(11-12)18-13(2)5-7-15-16-8-6-14(3)21-20(16)23-19(15)18/h2*6-13H,1-5H3;2*6-11H,1-5H3;5-11H,1-4H3/q5*+1/i13D;;3D3;;. The van der Waals surface area contributed by atoms with Crippen LogP contribution in [-0.4, -0.2) is 24.9 Å². The molecule has 20 rings (SSSR count). The van der Waals surface area contributed by atoms with Crippen LogP contribution in [0.15, 0.2) is 223 Å². The molecule has 0 aliphatic rings. The molecule has 0 aliphatic carbocycles. The molecule has 15 aromatic heterocycles. The number of furan rings is 5. The van der Waals surface area contributed by atoms with Crippen molar-refractivity contribution in [2.24, 2.45) is 35.2 Å². The highest BCUT2D eigenvalue weighted by atomic mass is 16.4. The van der Waals surface area contributed by atoms with Gasteiger partial charge in [-0.25, -0.2) is 47.8 Å². The van der Waals surface area contributed by atoms with Gasteiger partial charge in [-0.2, -0.15) is 0 Å². The maximum atomic E-state index is 8.39. The third-order valence-electron chi connectivity index (χ3n) is 23.6. The first-order chi connectivity index (χ1) is 59.4. The van der Waals surface area contributed by atoms with Gasteiger partial charge in [-0.3, -0.25) is 0 Å². The van der Waals surface area contributed by atoms with E-state index < -0.39 is 12.7 Å². The van der Waals surface area contributed by atoms with Gasteiger partial charge in [0.2, 0.25) is 57.0 Å². The molecule has 0 spiro atoms. The van der Waals surface area contributed by atoms with E-state index in [1.54, 1.807) is 6.20 Å². The average molecular weight is 1610 g/mol. The zero-order valence-electron chi connectivity index (χ0n) is 77.6. The zero-order chi connectivity index (χ0) is 89.0. The third kappa shape index (κ3) is 15.4. The van der Waals surface area contributed by atoms with Crippen molar-refractivity contribution in [2.75, 3.05) is 0 Å². The Kier molecular flexibility index (Phi) is 20.4. The predicted molar refractivity (Wildman–Crippen MR) is 490 cm³/mol. The van der Waals surface area contributed by atoms with Crippen molar-refractivity contribution in [2.45, 2.75) is 143 Å². The smallest absolute Gasteiger partial charge is 0.227 e. The fourth-order valence-corrected chi connectivity index (χ4v) is 16.5. The summed E-state index contributed by atoms with van der Waals surface area (Å²) in [7, 11) is 10.1. The van der Waals surface area contributed by atoms with E-state index in [9.17, 15) is 0 Å². The van der Waals surface area contributed by atoms with Crippen molar-refractivity contribution in [1.82, 2.24) is 24.9 Å². The van der Waals surface area contributed by atoms with E-state index in [1.807, 2.05) is 136 Å². The molecule has 0 saturated heterocycles. The molecule has 0 fully saturated rings. The lowest BCUT2D eigenvalue weighted by Crippen LogP contribution is -2.31. The molecule has 0 amide bonds. The summed E-state index contributed by atoms with van der Waals surface area (Å²) in [5.74, 6) is -0.170. The number of nitrogens with zero attached hydrogens (tertiary/aromatic N) is 10. The molecular weight excluding hydrogens is 1490 g/mol. The number of rotatable bonds is 7. The fraction of sp³-hybridized carbons (Fsp3) is 0.245. The summed E-state index contributed by atoms with van der Waals surface area (Å²) < 4.78 is 73.0. The van der Waals surface area contributed by atoms with Crippen LogP contribution < -0.4 is 22.8 Å². The van der Waals surface area contributed by atoms with Gasteiger partial charge in [-0.1, -0.05) is 88.4 Å². The SMILES string of the molecule is Cc1cc[n+](C)c(-c2c(C)ccc3c2oc2nc(C)ccc23)c1.Cc1ccc2c(n1)oc1c(-c3cc(C(C)C)cc[n+]3C)c(C)ccc12.Cc1ccc2c(n1)oc1c(-c3cc(C)c(C)c[n+]3C)c(C)ccc12.[2H]C(C)(C)c1cc[n+](C)c(-c2c(C)ccc3c2oc2nc(C)ccc23)c1.[2H]C([2H])([2H])c1c[n+](C)c(-c2c(C)ccc3c2oc2nc(C)ccc23)cc1C. The number of benzene rings is 5. The second kappa shape index (κ2) is 32.4. The molecular formula is C106H107N10O5+5. The molecule has 121 heavy (non-hydrogen) atoms. The fourth-order valence-electron chi connectivity index (χ4n) is 16.5. The van der Waals surface area contributed by atoms with E-state index >= 15 is 0 Å². The largest absolute Gasteiger partial charge is 0.437 e. The van der Waals surface area contributed by atoms with Gasteiger partial charge >= 0.3 is 0 Å². The van der Waals surface area contributed by atoms with Gasteiger partial charge < -0.3 is 22.1 Å². The van der Waals surface area contributed by atoms with Crippen LogP contribution in [0.4, 0.5) is 0 Å². The second-order valence-electron chi connectivity index (χ2n) is 33.4. The van der Waals surface area contributed by atoms with Gasteiger partial charge in [0.15, 0.2) is 58.9 Å². The Hall–Kier alpha value is -13.4. The van der Waals surface area contributed by atoms with Crippen LogP contribution in [0.1, 0.15) is 140 Å². The number of fused-ring (bicyclic) bond motifs is 15. The molecule has 15 heterocycles. The molecule has 0 saturated carbocycles. The van der Waals surface area contributed by atoms with Gasteiger partial charge in [-0.15, -0.1) is 0 Å². The van der Waals surface area contributed by atoms with E-state index in [2.05, 4.69) is 267 Å². The number of aromatic nitrogens is 10. The highest BCUT2D eigenvalue weighted by Gasteiger charge is 2.29. The third-order valence-corrected chi connectivity index (χ3v) is 23.6.